The average Bonchev–Trinajstić information content (AvgIpc) is 3.32. The van der Waals surface area contributed by atoms with Crippen molar-refractivity contribution in [2.24, 2.45) is 5.92 Å². The molecule has 1 saturated carbocycles. The third-order valence-electron chi connectivity index (χ3n) is 8.62. The molecule has 0 radical (unpaired) electrons. The number of carboxylic acids is 1. The Morgan fingerprint density at radius 1 is 1.21 bits per heavy atom. The standard InChI is InChI=1S/C32H42ClN7O8/c1-31(2,3)48-30(46)34-23-10-8-6-4-5-7-9-20-17-32(20,29(44)45)35-27(42)24-16-21(18-39(24)28(23)43)40-37-26(36-38-40)19-11-12-25(22(33)15-19)47-14-13-41/h7,9,11-12,15,20-21,23-24,41H,4-6,8,10,13-14,16-18H2,1-3H3,(H,34,46)(H,35,42)(H,44,45)/t20-,21-,23+,24+,32-/m1/s1. The van der Waals surface area contributed by atoms with E-state index in [4.69, 9.17) is 26.2 Å². The van der Waals surface area contributed by atoms with Crippen molar-refractivity contribution < 1.29 is 38.9 Å². The molecule has 5 atom stereocenters. The van der Waals surface area contributed by atoms with Crippen LogP contribution in [0.15, 0.2) is 30.4 Å². The SMILES string of the molecule is CC(C)(C)OC(=O)N[C@H]1CCCCCC=C[C@@H]2C[C@@]2(C(=O)O)NC(=O)[C@@H]2C[C@@H](n3nnc(-c4ccc(OCCO)c(Cl)c4)n3)CN2C1=O. The van der Waals surface area contributed by atoms with Crippen LogP contribution in [0, 0.1) is 5.92 Å². The summed E-state index contributed by atoms with van der Waals surface area (Å²) in [5, 5.41) is 37.8. The largest absolute Gasteiger partial charge is 0.490 e. The highest BCUT2D eigenvalue weighted by molar-refractivity contribution is 6.32. The normalized spacial score (nSPS) is 26.4. The molecule has 1 aromatic carbocycles. The summed E-state index contributed by atoms with van der Waals surface area (Å²) < 4.78 is 10.8. The molecule has 260 valence electrons. The minimum absolute atomic E-state index is 0.0112. The topological polar surface area (TPSA) is 198 Å². The highest BCUT2D eigenvalue weighted by Gasteiger charge is 2.61. The van der Waals surface area contributed by atoms with E-state index < -0.39 is 53.1 Å². The Kier molecular flexibility index (Phi) is 10.6. The Bertz CT molecular complexity index is 1560. The van der Waals surface area contributed by atoms with Crippen LogP contribution in [0.4, 0.5) is 4.79 Å². The van der Waals surface area contributed by atoms with E-state index in [0.29, 0.717) is 24.2 Å². The number of nitrogens with one attached hydrogen (secondary N) is 2. The third kappa shape index (κ3) is 8.06. The summed E-state index contributed by atoms with van der Waals surface area (Å²) in [5.74, 6) is -1.97. The van der Waals surface area contributed by atoms with E-state index in [1.54, 1.807) is 39.0 Å². The number of carboxylic acid groups (broad SMARTS) is 1. The fourth-order valence-corrected chi connectivity index (χ4v) is 6.34. The first-order chi connectivity index (χ1) is 22.8. The Morgan fingerprint density at radius 2 is 2.00 bits per heavy atom. The number of allylic oxidation sites excluding steroid dienone is 1. The molecule has 3 aliphatic rings. The van der Waals surface area contributed by atoms with Gasteiger partial charge < -0.3 is 35.2 Å². The highest BCUT2D eigenvalue weighted by Crippen LogP contribution is 2.45. The predicted octanol–water partition coefficient (Wildman–Crippen LogP) is 2.88. The Morgan fingerprint density at radius 3 is 2.71 bits per heavy atom. The fourth-order valence-electron chi connectivity index (χ4n) is 6.10. The number of nitrogens with zero attached hydrogens (tertiary/aromatic N) is 5. The number of benzene rings is 1. The molecule has 0 bridgehead atoms. The van der Waals surface area contributed by atoms with Crippen LogP contribution in [-0.2, 0) is 19.1 Å². The molecule has 15 nitrogen and oxygen atoms in total. The summed E-state index contributed by atoms with van der Waals surface area (Å²) in [4.78, 5) is 56.0. The van der Waals surface area contributed by atoms with Gasteiger partial charge in [-0.2, -0.15) is 4.80 Å². The Balaban J connectivity index is 1.42. The summed E-state index contributed by atoms with van der Waals surface area (Å²) in [5.41, 5.74) is -1.71. The van der Waals surface area contributed by atoms with Gasteiger partial charge in [0.2, 0.25) is 17.6 Å². The number of alkyl carbamates (subject to hydrolysis) is 1. The lowest BCUT2D eigenvalue weighted by atomic mass is 10.0. The first-order valence-corrected chi connectivity index (χ1v) is 16.5. The number of tetrazole rings is 1. The second-order valence-electron chi connectivity index (χ2n) is 13.4. The summed E-state index contributed by atoms with van der Waals surface area (Å²) in [6, 6.07) is 2.27. The van der Waals surface area contributed by atoms with Gasteiger partial charge >= 0.3 is 12.1 Å². The predicted molar refractivity (Wildman–Crippen MR) is 172 cm³/mol. The van der Waals surface area contributed by atoms with E-state index in [2.05, 4.69) is 26.0 Å². The number of aliphatic hydroxyl groups is 1. The number of halogens is 1. The number of rotatable bonds is 7. The van der Waals surface area contributed by atoms with Gasteiger partial charge in [0.25, 0.3) is 0 Å². The monoisotopic (exact) mass is 687 g/mol. The number of aliphatic carboxylic acids is 1. The second kappa shape index (κ2) is 14.5. The molecule has 48 heavy (non-hydrogen) atoms. The number of hydrogen-bond donors (Lipinski definition) is 4. The molecule has 0 unspecified atom stereocenters. The average molecular weight is 688 g/mol. The molecular weight excluding hydrogens is 646 g/mol. The number of aliphatic hydroxyl groups excluding tert-OH is 1. The zero-order valence-corrected chi connectivity index (χ0v) is 28.0. The number of fused-ring (bicyclic) bond motifs is 2. The molecule has 1 aromatic heterocycles. The summed E-state index contributed by atoms with van der Waals surface area (Å²) in [6.07, 6.45) is 6.66. The van der Waals surface area contributed by atoms with Crippen molar-refractivity contribution in [3.8, 4) is 17.1 Å². The van der Waals surface area contributed by atoms with Crippen LogP contribution in [0.25, 0.3) is 11.4 Å². The molecule has 3 amide bonds. The molecule has 1 saturated heterocycles. The lowest BCUT2D eigenvalue weighted by Crippen LogP contribution is -2.56. The summed E-state index contributed by atoms with van der Waals surface area (Å²) in [7, 11) is 0. The summed E-state index contributed by atoms with van der Waals surface area (Å²) >= 11 is 6.34. The van der Waals surface area contributed by atoms with E-state index >= 15 is 0 Å². The van der Waals surface area contributed by atoms with Crippen molar-refractivity contribution in [2.75, 3.05) is 19.8 Å². The molecule has 2 aliphatic heterocycles. The van der Waals surface area contributed by atoms with E-state index in [0.717, 1.165) is 19.3 Å². The van der Waals surface area contributed by atoms with Crippen LogP contribution in [0.5, 0.6) is 5.75 Å². The Hall–Kier alpha value is -4.24. The van der Waals surface area contributed by atoms with Crippen molar-refractivity contribution in [2.45, 2.75) is 95.0 Å². The van der Waals surface area contributed by atoms with Crippen LogP contribution in [-0.4, -0.2) is 102 Å². The van der Waals surface area contributed by atoms with E-state index in [9.17, 15) is 24.3 Å². The maximum Gasteiger partial charge on any atom is 0.408 e. The number of carbonyl (C=O) groups excluding carboxylic acids is 3. The molecule has 2 aromatic rings. The van der Waals surface area contributed by atoms with Gasteiger partial charge in [0, 0.05) is 24.4 Å². The van der Waals surface area contributed by atoms with Gasteiger partial charge in [-0.15, -0.1) is 10.2 Å². The molecule has 1 aliphatic carbocycles. The third-order valence-corrected chi connectivity index (χ3v) is 8.92. The van der Waals surface area contributed by atoms with Crippen molar-refractivity contribution in [1.82, 2.24) is 35.7 Å². The minimum atomic E-state index is -1.46. The molecule has 2 fully saturated rings. The van der Waals surface area contributed by atoms with Gasteiger partial charge in [-0.05, 0) is 69.9 Å². The van der Waals surface area contributed by atoms with E-state index in [1.165, 1.54) is 9.70 Å². The molecule has 5 rings (SSSR count). The van der Waals surface area contributed by atoms with Crippen LogP contribution >= 0.6 is 11.6 Å². The van der Waals surface area contributed by atoms with Crippen molar-refractivity contribution >= 4 is 35.5 Å². The Labute approximate surface area is 283 Å². The molecule has 16 heteroatoms. The maximum absolute atomic E-state index is 14.2. The lowest BCUT2D eigenvalue weighted by molar-refractivity contribution is -0.145. The van der Waals surface area contributed by atoms with Crippen molar-refractivity contribution in [3.05, 3.63) is 35.4 Å². The zero-order chi connectivity index (χ0) is 34.6. The number of amides is 3. The highest BCUT2D eigenvalue weighted by atomic mass is 35.5. The molecule has 4 N–H and O–H groups in total. The van der Waals surface area contributed by atoms with Gasteiger partial charge in [0.15, 0.2) is 0 Å². The van der Waals surface area contributed by atoms with Crippen LogP contribution in [0.1, 0.15) is 71.8 Å². The number of aromatic nitrogens is 4. The van der Waals surface area contributed by atoms with Gasteiger partial charge in [-0.1, -0.05) is 36.6 Å². The van der Waals surface area contributed by atoms with E-state index in [-0.39, 0.29) is 49.4 Å². The first kappa shape index (κ1) is 35.1. The smallest absolute Gasteiger partial charge is 0.408 e. The first-order valence-electron chi connectivity index (χ1n) is 16.2. The van der Waals surface area contributed by atoms with Gasteiger partial charge in [0.1, 0.15) is 35.6 Å². The van der Waals surface area contributed by atoms with Crippen molar-refractivity contribution in [1.29, 1.82) is 0 Å². The van der Waals surface area contributed by atoms with Gasteiger partial charge in [-0.3, -0.25) is 9.59 Å². The van der Waals surface area contributed by atoms with Crippen LogP contribution < -0.4 is 15.4 Å². The number of hydrogen-bond acceptors (Lipinski definition) is 10. The quantitative estimate of drug-likeness (QED) is 0.312. The zero-order valence-electron chi connectivity index (χ0n) is 27.2. The number of ether oxygens (including phenoxy) is 2. The fraction of sp³-hybridized carbons (Fsp3) is 0.594. The van der Waals surface area contributed by atoms with Crippen LogP contribution in [0.2, 0.25) is 5.02 Å². The molecular formula is C32H42ClN7O8. The van der Waals surface area contributed by atoms with Crippen molar-refractivity contribution in [3.63, 3.8) is 0 Å². The summed E-state index contributed by atoms with van der Waals surface area (Å²) in [6.45, 7) is 5.09. The minimum Gasteiger partial charge on any atom is -0.490 e. The molecule has 0 spiro atoms. The van der Waals surface area contributed by atoms with Gasteiger partial charge in [-0.25, -0.2) is 9.59 Å². The van der Waals surface area contributed by atoms with Crippen LogP contribution in [0.3, 0.4) is 0 Å². The second-order valence-corrected chi connectivity index (χ2v) is 13.8. The number of carbonyl (C=O) groups is 4. The lowest BCUT2D eigenvalue weighted by Gasteiger charge is -2.30. The maximum atomic E-state index is 14.2. The van der Waals surface area contributed by atoms with E-state index in [1.807, 2.05) is 12.2 Å². The van der Waals surface area contributed by atoms with Gasteiger partial charge in [0.05, 0.1) is 17.7 Å². The molecule has 3 heterocycles.